The van der Waals surface area contributed by atoms with Crippen molar-refractivity contribution in [3.8, 4) is 0 Å². The minimum absolute atomic E-state index is 0.379. The van der Waals surface area contributed by atoms with Gasteiger partial charge in [0, 0.05) is 6.54 Å². The molecule has 5 nitrogen and oxygen atoms in total. The van der Waals surface area contributed by atoms with Crippen LogP contribution < -0.4 is 5.32 Å². The smallest absolute Gasteiger partial charge is 0.308 e. The maximum atomic E-state index is 10.4. The molecule has 0 fully saturated rings. The highest BCUT2D eigenvalue weighted by molar-refractivity contribution is 7.13. The van der Waals surface area contributed by atoms with Crippen LogP contribution >= 0.6 is 11.3 Å². The van der Waals surface area contributed by atoms with Crippen molar-refractivity contribution >= 4 is 22.4 Å². The van der Waals surface area contributed by atoms with Crippen LogP contribution in [-0.4, -0.2) is 27.8 Å². The molecule has 1 aromatic rings. The van der Waals surface area contributed by atoms with Gasteiger partial charge in [-0.15, -0.1) is 10.2 Å². The van der Waals surface area contributed by atoms with E-state index in [-0.39, 0.29) is 0 Å². The molecule has 1 unspecified atom stereocenters. The zero-order valence-electron chi connectivity index (χ0n) is 6.52. The summed E-state index contributed by atoms with van der Waals surface area (Å²) in [5.74, 6) is -1.22. The van der Waals surface area contributed by atoms with Gasteiger partial charge >= 0.3 is 5.97 Å². The van der Waals surface area contributed by atoms with E-state index >= 15 is 0 Å². The first-order chi connectivity index (χ1) is 5.70. The van der Waals surface area contributed by atoms with Crippen LogP contribution in [0.4, 0.5) is 5.13 Å². The number of aromatic nitrogens is 2. The molecule has 0 aromatic carbocycles. The minimum atomic E-state index is -0.813. The fourth-order valence-electron chi connectivity index (χ4n) is 0.578. The van der Waals surface area contributed by atoms with E-state index in [1.165, 1.54) is 11.3 Å². The number of hydrogen-bond donors (Lipinski definition) is 2. The van der Waals surface area contributed by atoms with Crippen LogP contribution in [0.1, 0.15) is 6.92 Å². The molecule has 0 saturated heterocycles. The summed E-state index contributed by atoms with van der Waals surface area (Å²) in [6.45, 7) is 2.01. The Morgan fingerprint density at radius 2 is 2.67 bits per heavy atom. The van der Waals surface area contributed by atoms with E-state index < -0.39 is 11.9 Å². The number of nitrogens with one attached hydrogen (secondary N) is 1. The summed E-state index contributed by atoms with van der Waals surface area (Å²) in [5.41, 5.74) is 1.59. The third-order valence-electron chi connectivity index (χ3n) is 1.34. The number of carboxylic acid groups (broad SMARTS) is 1. The van der Waals surface area contributed by atoms with Gasteiger partial charge in [0.1, 0.15) is 5.51 Å². The standard InChI is InChI=1S/C6H9N3O2S/c1-4(5(10)11)2-7-6-9-8-3-12-6/h3-4H,2H2,1H3,(H,7,9)(H,10,11). The van der Waals surface area contributed by atoms with Crippen LogP contribution in [0, 0.1) is 5.92 Å². The van der Waals surface area contributed by atoms with Gasteiger partial charge in [-0.3, -0.25) is 4.79 Å². The van der Waals surface area contributed by atoms with E-state index in [0.717, 1.165) is 0 Å². The maximum Gasteiger partial charge on any atom is 0.308 e. The molecule has 0 radical (unpaired) electrons. The van der Waals surface area contributed by atoms with Gasteiger partial charge in [-0.05, 0) is 0 Å². The summed E-state index contributed by atoms with van der Waals surface area (Å²) in [5, 5.41) is 19.4. The molecule has 0 spiro atoms. The predicted molar refractivity (Wildman–Crippen MR) is 45.2 cm³/mol. The lowest BCUT2D eigenvalue weighted by atomic mass is 10.2. The quantitative estimate of drug-likeness (QED) is 0.724. The van der Waals surface area contributed by atoms with Crippen molar-refractivity contribution in [1.29, 1.82) is 0 Å². The second-order valence-electron chi connectivity index (χ2n) is 2.36. The van der Waals surface area contributed by atoms with Gasteiger partial charge in [-0.25, -0.2) is 0 Å². The zero-order chi connectivity index (χ0) is 8.97. The Labute approximate surface area is 73.4 Å². The van der Waals surface area contributed by atoms with Gasteiger partial charge in [0.15, 0.2) is 0 Å². The Balaban J connectivity index is 2.31. The predicted octanol–water partition coefficient (Wildman–Crippen LogP) is 0.671. The van der Waals surface area contributed by atoms with Gasteiger partial charge < -0.3 is 10.4 Å². The molecule has 0 aliphatic heterocycles. The van der Waals surface area contributed by atoms with E-state index in [4.69, 9.17) is 5.11 Å². The Hall–Kier alpha value is -1.17. The molecule has 0 saturated carbocycles. The molecule has 0 aliphatic carbocycles. The molecule has 2 N–H and O–H groups in total. The molecule has 0 aliphatic rings. The number of carbonyl (C=O) groups is 1. The average molecular weight is 187 g/mol. The molecule has 12 heavy (non-hydrogen) atoms. The van der Waals surface area contributed by atoms with Crippen molar-refractivity contribution in [2.24, 2.45) is 5.92 Å². The van der Waals surface area contributed by atoms with Crippen molar-refractivity contribution in [1.82, 2.24) is 10.2 Å². The van der Waals surface area contributed by atoms with Gasteiger partial charge in [-0.2, -0.15) is 0 Å². The van der Waals surface area contributed by atoms with Crippen LogP contribution in [0.15, 0.2) is 5.51 Å². The third-order valence-corrected chi connectivity index (χ3v) is 1.99. The van der Waals surface area contributed by atoms with Crippen LogP contribution in [0.2, 0.25) is 0 Å². The number of carboxylic acids is 1. The largest absolute Gasteiger partial charge is 0.481 e. The lowest BCUT2D eigenvalue weighted by Crippen LogP contribution is -2.19. The van der Waals surface area contributed by atoms with E-state index in [1.54, 1.807) is 12.4 Å². The van der Waals surface area contributed by atoms with Crippen LogP contribution in [0.5, 0.6) is 0 Å². The fourth-order valence-corrected chi connectivity index (χ4v) is 1.03. The average Bonchev–Trinajstić information content (AvgIpc) is 2.51. The molecule has 6 heteroatoms. The number of nitrogens with zero attached hydrogens (tertiary/aromatic N) is 2. The molecule has 1 heterocycles. The van der Waals surface area contributed by atoms with Gasteiger partial charge in [0.05, 0.1) is 5.92 Å². The summed E-state index contributed by atoms with van der Waals surface area (Å²) in [6.07, 6.45) is 0. The summed E-state index contributed by atoms with van der Waals surface area (Å²) >= 11 is 1.35. The Kier molecular flexibility index (Phi) is 2.98. The van der Waals surface area contributed by atoms with Crippen molar-refractivity contribution in [2.45, 2.75) is 6.92 Å². The van der Waals surface area contributed by atoms with Crippen LogP contribution in [0.3, 0.4) is 0 Å². The molecule has 66 valence electrons. The highest BCUT2D eigenvalue weighted by Crippen LogP contribution is 2.08. The first-order valence-corrected chi connectivity index (χ1v) is 4.31. The molecule has 1 rings (SSSR count). The molecular formula is C6H9N3O2S. The maximum absolute atomic E-state index is 10.4. The van der Waals surface area contributed by atoms with Crippen molar-refractivity contribution < 1.29 is 9.90 Å². The van der Waals surface area contributed by atoms with Gasteiger partial charge in [-0.1, -0.05) is 18.3 Å². The first kappa shape index (κ1) is 8.92. The molecule has 1 atom stereocenters. The second-order valence-corrected chi connectivity index (χ2v) is 3.20. The Morgan fingerprint density at radius 3 is 3.17 bits per heavy atom. The first-order valence-electron chi connectivity index (χ1n) is 3.43. The summed E-state index contributed by atoms with van der Waals surface area (Å²) in [7, 11) is 0. The van der Waals surface area contributed by atoms with E-state index in [1.807, 2.05) is 0 Å². The van der Waals surface area contributed by atoms with Crippen molar-refractivity contribution in [3.63, 3.8) is 0 Å². The zero-order valence-corrected chi connectivity index (χ0v) is 7.34. The van der Waals surface area contributed by atoms with E-state index in [2.05, 4.69) is 15.5 Å². The monoisotopic (exact) mass is 187 g/mol. The Bertz CT molecular complexity index is 249. The lowest BCUT2D eigenvalue weighted by molar-refractivity contribution is -0.140. The topological polar surface area (TPSA) is 75.1 Å². The fraction of sp³-hybridized carbons (Fsp3) is 0.500. The number of hydrogen-bond acceptors (Lipinski definition) is 5. The lowest BCUT2D eigenvalue weighted by Gasteiger charge is -2.05. The van der Waals surface area contributed by atoms with Crippen LogP contribution in [-0.2, 0) is 4.79 Å². The molecule has 0 amide bonds. The van der Waals surface area contributed by atoms with Gasteiger partial charge in [0.2, 0.25) is 5.13 Å². The third kappa shape index (κ3) is 2.46. The highest BCUT2D eigenvalue weighted by atomic mass is 32.1. The van der Waals surface area contributed by atoms with E-state index in [9.17, 15) is 4.79 Å². The molecule has 1 aromatic heterocycles. The van der Waals surface area contributed by atoms with Crippen molar-refractivity contribution in [2.75, 3.05) is 11.9 Å². The van der Waals surface area contributed by atoms with Gasteiger partial charge in [0.25, 0.3) is 0 Å². The van der Waals surface area contributed by atoms with E-state index in [0.29, 0.717) is 11.7 Å². The minimum Gasteiger partial charge on any atom is -0.481 e. The summed E-state index contributed by atoms with van der Waals surface area (Å²) < 4.78 is 0. The second kappa shape index (κ2) is 4.01. The summed E-state index contributed by atoms with van der Waals surface area (Å²) in [4.78, 5) is 10.4. The summed E-state index contributed by atoms with van der Waals surface area (Å²) in [6, 6.07) is 0. The number of aliphatic carboxylic acids is 1. The van der Waals surface area contributed by atoms with Crippen molar-refractivity contribution in [3.05, 3.63) is 5.51 Å². The SMILES string of the molecule is CC(CNc1nncs1)C(=O)O. The highest BCUT2D eigenvalue weighted by Gasteiger charge is 2.10. The molecular weight excluding hydrogens is 178 g/mol. The Morgan fingerprint density at radius 1 is 1.92 bits per heavy atom. The number of rotatable bonds is 4. The molecule has 0 bridgehead atoms. The number of anilines is 1. The van der Waals surface area contributed by atoms with Crippen LogP contribution in [0.25, 0.3) is 0 Å². The normalized spacial score (nSPS) is 12.4.